The number of imide groups is 1. The van der Waals surface area contributed by atoms with Gasteiger partial charge >= 0.3 is 42.9 Å². The van der Waals surface area contributed by atoms with Crippen molar-refractivity contribution in [1.29, 1.82) is 0 Å². The number of amides is 7. The Hall–Kier alpha value is -8.83. The van der Waals surface area contributed by atoms with Gasteiger partial charge in [0, 0.05) is 124 Å². The molecule has 0 spiro atoms. The summed E-state index contributed by atoms with van der Waals surface area (Å²) in [6, 6.07) is 33.2. The van der Waals surface area contributed by atoms with E-state index in [2.05, 4.69) is 51.2 Å². The Labute approximate surface area is 853 Å². The van der Waals surface area contributed by atoms with Crippen molar-refractivity contribution >= 4 is 113 Å². The van der Waals surface area contributed by atoms with Gasteiger partial charge in [0.25, 0.3) is 5.91 Å². The molecule has 0 radical (unpaired) electrons. The topological polar surface area (TPSA) is 408 Å². The van der Waals surface area contributed by atoms with Crippen molar-refractivity contribution in [2.24, 2.45) is 64.9 Å². The maximum absolute atomic E-state index is 13.3. The van der Waals surface area contributed by atoms with E-state index >= 15 is 0 Å². The number of carboxylic acid groups (broad SMARTS) is 1. The van der Waals surface area contributed by atoms with E-state index in [-0.39, 0.29) is 166 Å². The van der Waals surface area contributed by atoms with Crippen molar-refractivity contribution in [2.75, 3.05) is 146 Å². The van der Waals surface area contributed by atoms with Crippen LogP contribution in [0, 0.1) is 59.2 Å². The average molecular weight is 2050 g/mol. The number of likely N-dealkylation sites (N-methyl/N-ethyl adjacent to an activating group) is 3. The maximum Gasteiger partial charge on any atom is 0.373 e. The summed E-state index contributed by atoms with van der Waals surface area (Å²) in [5.41, 5.74) is 8.54. The Morgan fingerprint density at radius 2 is 0.825 bits per heavy atom. The number of Topliss-reactive ketones (excluding diaryl/α,β-unsaturated/α-hetero) is 1. The van der Waals surface area contributed by atoms with Crippen LogP contribution in [0.15, 0.2) is 109 Å². The van der Waals surface area contributed by atoms with E-state index in [9.17, 15) is 67.7 Å². The van der Waals surface area contributed by atoms with Crippen molar-refractivity contribution in [3.8, 4) is 11.5 Å². The van der Waals surface area contributed by atoms with Crippen molar-refractivity contribution in [3.05, 3.63) is 131 Å². The van der Waals surface area contributed by atoms with Crippen LogP contribution >= 0.6 is 34.8 Å². The van der Waals surface area contributed by atoms with Gasteiger partial charge < -0.3 is 103 Å². The first-order valence-electron chi connectivity index (χ1n) is 50.9. The Balaban J connectivity index is 0.000000142. The van der Waals surface area contributed by atoms with Crippen molar-refractivity contribution in [2.45, 2.75) is 227 Å². The molecule has 4 aromatic rings. The minimum absolute atomic E-state index is 0. The van der Waals surface area contributed by atoms with Gasteiger partial charge in [-0.25, -0.2) is 4.79 Å². The highest BCUT2D eigenvalue weighted by molar-refractivity contribution is 6.67. The smallest absolute Gasteiger partial charge is 0.373 e. The van der Waals surface area contributed by atoms with Crippen LogP contribution in [0.3, 0.4) is 0 Å². The molecular formula is C104H144BCl3N12O23. The second-order valence-electron chi connectivity index (χ2n) is 41.1. The molecule has 15 saturated heterocycles. The molecule has 23 atom stereocenters. The third-order valence-corrected chi connectivity index (χ3v) is 31.2. The number of urea groups is 1. The van der Waals surface area contributed by atoms with E-state index in [1.54, 1.807) is 62.3 Å². The van der Waals surface area contributed by atoms with Crippen molar-refractivity contribution in [3.63, 3.8) is 0 Å². The third-order valence-electron chi connectivity index (χ3n) is 30.9. The molecule has 782 valence electrons. The predicted molar refractivity (Wildman–Crippen MR) is 532 cm³/mol. The highest BCUT2D eigenvalue weighted by atomic mass is 35.6. The molecule has 143 heavy (non-hydrogen) atoms. The van der Waals surface area contributed by atoms with Crippen LogP contribution in [0.25, 0.3) is 0 Å². The van der Waals surface area contributed by atoms with Crippen LogP contribution in [0.1, 0.15) is 141 Å². The number of esters is 4. The van der Waals surface area contributed by atoms with Crippen LogP contribution in [-0.2, 0) is 111 Å². The van der Waals surface area contributed by atoms with Crippen LogP contribution < -0.4 is 25.8 Å². The Morgan fingerprint density at radius 3 is 1.20 bits per heavy atom. The summed E-state index contributed by atoms with van der Waals surface area (Å²) >= 11 is 16.9. The number of hydrogen-bond acceptors (Lipinski definition) is 28. The number of halogens is 3. The van der Waals surface area contributed by atoms with Gasteiger partial charge in [0.05, 0.1) is 120 Å². The molecule has 7 amide bonds. The molecular weight excluding hydrogens is 1900 g/mol. The number of alkyl halides is 3. The number of carbonyl (C=O) groups is 12. The number of benzene rings is 4. The number of hydrogen-bond donors (Lipinski definition) is 5. The fourth-order valence-corrected chi connectivity index (χ4v) is 23.6. The number of aliphatic carboxylic acids is 1. The molecule has 15 fully saturated rings. The monoisotopic (exact) mass is 2040 g/mol. The minimum atomic E-state index is -1.66. The van der Waals surface area contributed by atoms with E-state index < -0.39 is 87.6 Å². The number of rotatable bonds is 28. The zero-order valence-corrected chi connectivity index (χ0v) is 84.9. The number of ketones is 1. The van der Waals surface area contributed by atoms with Gasteiger partial charge in [-0.3, -0.25) is 62.5 Å². The molecule has 15 aliphatic heterocycles. The Bertz CT molecular complexity index is 5030. The minimum Gasteiger partial charge on any atom is -0.481 e. The van der Waals surface area contributed by atoms with Crippen LogP contribution in [0.4, 0.5) is 4.79 Å². The summed E-state index contributed by atoms with van der Waals surface area (Å²) in [5, 5.41) is 24.7. The molecule has 0 saturated carbocycles. The average Bonchev–Trinajstić information content (AvgIpc) is 1.58. The zero-order chi connectivity index (χ0) is 101. The lowest BCUT2D eigenvalue weighted by Crippen LogP contribution is -2.53. The summed E-state index contributed by atoms with van der Waals surface area (Å²) in [6.45, 7) is 23.1. The first-order valence-corrected chi connectivity index (χ1v) is 52.0. The summed E-state index contributed by atoms with van der Waals surface area (Å²) in [4.78, 5) is 171. The van der Waals surface area contributed by atoms with E-state index in [0.29, 0.717) is 75.6 Å². The van der Waals surface area contributed by atoms with Gasteiger partial charge in [0.15, 0.2) is 0 Å². The summed E-state index contributed by atoms with van der Waals surface area (Å²) in [5.74, 6) is -7.29. The molecule has 13 unspecified atom stereocenters. The lowest BCUT2D eigenvalue weighted by atomic mass is 9.76. The van der Waals surface area contributed by atoms with E-state index in [1.165, 1.54) is 0 Å². The molecule has 6 N–H and O–H groups in total. The Morgan fingerprint density at radius 1 is 0.476 bits per heavy atom. The maximum atomic E-state index is 13.3. The number of ether oxygens (including phenoxy) is 9. The molecule has 35 nitrogen and oxygen atoms in total. The summed E-state index contributed by atoms with van der Waals surface area (Å²) < 4.78 is 49.9. The quantitative estimate of drug-likeness (QED) is 0.0119. The number of fused-ring (bicyclic) bond motifs is 10. The van der Waals surface area contributed by atoms with Crippen molar-refractivity contribution in [1.82, 2.24) is 54.6 Å². The molecule has 4 aromatic carbocycles. The second kappa shape index (κ2) is 49.3. The molecule has 0 aliphatic carbocycles. The van der Waals surface area contributed by atoms with E-state index in [0.717, 1.165) is 164 Å². The van der Waals surface area contributed by atoms with Gasteiger partial charge in [-0.1, -0.05) is 141 Å². The predicted octanol–water partition coefficient (Wildman–Crippen LogP) is 7.70. The molecule has 0 aromatic heterocycles. The molecule has 39 heteroatoms. The van der Waals surface area contributed by atoms with Crippen LogP contribution in [0.2, 0.25) is 6.82 Å². The van der Waals surface area contributed by atoms with Crippen LogP contribution in [-0.4, -0.2) is 355 Å². The first kappa shape index (κ1) is 110. The van der Waals surface area contributed by atoms with Gasteiger partial charge in [0.1, 0.15) is 36.0 Å². The van der Waals surface area contributed by atoms with Crippen LogP contribution in [0.5, 0.6) is 11.5 Å². The Kier molecular flexibility index (Phi) is 37.9. The van der Waals surface area contributed by atoms with Gasteiger partial charge in [-0.05, 0) is 191 Å². The number of piperazine rings is 4. The normalized spacial score (nSPS) is 30.8. The lowest BCUT2D eigenvalue weighted by molar-refractivity contribution is -0.157. The lowest BCUT2D eigenvalue weighted by Gasteiger charge is -2.37. The summed E-state index contributed by atoms with van der Waals surface area (Å²) in [6.07, 6.45) is 8.62. The fraction of sp³-hybridized carbons (Fsp3) is 0.654. The highest BCUT2D eigenvalue weighted by Gasteiger charge is 2.63. The zero-order valence-electron chi connectivity index (χ0n) is 82.6. The van der Waals surface area contributed by atoms with E-state index in [4.69, 9.17) is 83.2 Å². The third kappa shape index (κ3) is 26.7. The van der Waals surface area contributed by atoms with Gasteiger partial charge in [-0.2, -0.15) is 0 Å². The number of nitrogens with one attached hydrogen (secondary N) is 2. The SMILES string of the molecule is C.CB(O)NC(C)Cc1ccc(OC(=O)C2C(C(=O)N3CCN(C)CC3)[C@@H]3CC[C@H]2O3)cc1.CC(N)Cc1ccc(OC(=O)C2C(C(=O)N3CCN(C)CC3)[C@@H]3CC[C@H]2O3)cc1.CC1(c2ccccc2)NC(=O)N(CCCC(=O)C2C(C(=O)O)[C@H]3CC[C@@H]2O3)C1=O.CCCN1CCN(C(=O)C2C(C(=O)OCc3ccccc3)[C@H]3CC[C@@H]2O3)CC1.CN1CCN(C(=O)C2C(C(=O)OCC(Cl)(Cl)Cl)[C@H]3CC[C@@H]2O3)CC1. The van der Waals surface area contributed by atoms with E-state index in [1.807, 2.05) is 101 Å². The molecule has 15 heterocycles. The number of carboxylic acids is 1. The molecule has 19 rings (SSSR count). The highest BCUT2D eigenvalue weighted by Crippen LogP contribution is 2.51. The number of carbonyl (C=O) groups excluding carboxylic acids is 11. The standard InChI is InChI=1S/C23H34BN3O5.C22H31N3O4.C22H30N2O4.C21H24N2O6.C15H21Cl3N2O4.CH4/c1-15(25-24(2)30)14-16-4-6-17(7-5-16)31-23(29)21-19-9-8-18(32-19)20(21)22(28)27-12-10-26(3)11-13-27;1-14(23)13-15-3-5-16(6-4-15)28-22(27)20-18-8-7-17(29-18)19(20)21(26)25-11-9-24(2)10-12-25;1-2-10-23-11-13-24(14-12-23)21(25)19-17-8-9-18(28-17)20(19)22(26)27-15-16-6-4-3-5-7-16;1-21(12-6-3-2-4-7-12)19(27)23(20(28)22-21)11-5-8-13(24)16-14-9-10-15(29-14)17(16)18(25)26;1-19-4-6-20(7-5-19)13(21)11-9-2-3-10(24-9)12(11)14(22)23-8-15(16,17)18;/h4-7,15,18-21,25,30H,8-14H2,1-3H3;3-6,14,17-20H,7-13,23H2,1-2H3;3-7,17-20H,2,8-15H2,1H3;2-4,6-7,14-17H,5,8-11H2,1H3,(H,22,28)(H,25,26);9-12H,2-8H2,1H3;1H4/t15?,18-,19+,20?,21?;14?,17-,18+,19?,20?;17-,18+,19?,20?;14-,15+,16?,17?,21?;9-,10+,11?,12?;/m00000./s1. The van der Waals surface area contributed by atoms with Gasteiger partial charge in [-0.15, -0.1) is 0 Å². The van der Waals surface area contributed by atoms with Gasteiger partial charge in [0.2, 0.25) is 27.4 Å². The summed E-state index contributed by atoms with van der Waals surface area (Å²) in [7, 11) is 5.58. The van der Waals surface area contributed by atoms with Crippen molar-refractivity contribution < 1.29 is 110 Å². The first-order chi connectivity index (χ1) is 68.0. The fourth-order valence-electron chi connectivity index (χ4n) is 23.5. The molecule has 15 aliphatic rings. The number of nitrogens with two attached hydrogens (primary N) is 1. The second-order valence-corrected chi connectivity index (χ2v) is 43.6. The largest absolute Gasteiger partial charge is 0.481 e. The molecule has 10 bridgehead atoms. The number of nitrogens with zero attached hydrogens (tertiary/aromatic N) is 9.